The van der Waals surface area contributed by atoms with Gasteiger partial charge in [0.1, 0.15) is 0 Å². The topological polar surface area (TPSA) is 78.1 Å². The number of nitrogens with zero attached hydrogens (tertiary/aromatic N) is 1. The van der Waals surface area contributed by atoms with Crippen LogP contribution in [0.4, 0.5) is 11.7 Å². The summed E-state index contributed by atoms with van der Waals surface area (Å²) in [6, 6.07) is 7.17. The Kier molecular flexibility index (Phi) is 2.05. The molecule has 2 rings (SSSR count). The molecule has 0 aliphatic carbocycles. The fourth-order valence-electron chi connectivity index (χ4n) is 1.25. The SMILES string of the molecule is Nc1noc(N)c1-c1cccc(Cl)c1. The lowest BCUT2D eigenvalue weighted by Gasteiger charge is -1.99. The van der Waals surface area contributed by atoms with Crippen molar-refractivity contribution in [3.05, 3.63) is 29.3 Å². The van der Waals surface area contributed by atoms with Crippen LogP contribution in [0.2, 0.25) is 5.02 Å². The molecule has 1 aromatic heterocycles. The quantitative estimate of drug-likeness (QED) is 0.755. The van der Waals surface area contributed by atoms with Crippen LogP contribution in [-0.4, -0.2) is 5.16 Å². The van der Waals surface area contributed by atoms with Crippen LogP contribution in [0, 0.1) is 0 Å². The zero-order chi connectivity index (χ0) is 10.1. The van der Waals surface area contributed by atoms with E-state index in [1.807, 2.05) is 12.1 Å². The number of nitrogen functional groups attached to an aromatic ring is 2. The van der Waals surface area contributed by atoms with E-state index in [1.165, 1.54) is 0 Å². The molecule has 2 aromatic rings. The number of aromatic nitrogens is 1. The first-order valence-corrected chi connectivity index (χ1v) is 4.33. The number of benzene rings is 1. The van der Waals surface area contributed by atoms with E-state index in [-0.39, 0.29) is 11.7 Å². The summed E-state index contributed by atoms with van der Waals surface area (Å²) in [4.78, 5) is 0. The lowest BCUT2D eigenvalue weighted by atomic mass is 10.1. The monoisotopic (exact) mass is 209 g/mol. The maximum atomic E-state index is 5.83. The number of halogens is 1. The summed E-state index contributed by atoms with van der Waals surface area (Å²) in [6.45, 7) is 0. The maximum absolute atomic E-state index is 5.83. The average Bonchev–Trinajstić information content (AvgIpc) is 2.46. The zero-order valence-corrected chi connectivity index (χ0v) is 7.95. The highest BCUT2D eigenvalue weighted by Gasteiger charge is 2.12. The molecule has 1 aromatic carbocycles. The Labute approximate surface area is 85.4 Å². The van der Waals surface area contributed by atoms with Gasteiger partial charge in [-0.15, -0.1) is 0 Å². The molecule has 0 unspecified atom stereocenters. The van der Waals surface area contributed by atoms with Crippen molar-refractivity contribution in [1.82, 2.24) is 5.16 Å². The Morgan fingerprint density at radius 1 is 1.29 bits per heavy atom. The van der Waals surface area contributed by atoms with Crippen LogP contribution in [0.3, 0.4) is 0 Å². The number of hydrogen-bond acceptors (Lipinski definition) is 4. The van der Waals surface area contributed by atoms with Gasteiger partial charge in [0.15, 0.2) is 5.82 Å². The van der Waals surface area contributed by atoms with Gasteiger partial charge in [-0.25, -0.2) is 0 Å². The molecule has 0 bridgehead atoms. The molecule has 72 valence electrons. The van der Waals surface area contributed by atoms with E-state index in [0.29, 0.717) is 10.6 Å². The van der Waals surface area contributed by atoms with Crippen molar-refractivity contribution in [3.8, 4) is 11.1 Å². The molecule has 14 heavy (non-hydrogen) atoms. The van der Waals surface area contributed by atoms with Crippen LogP contribution in [0.25, 0.3) is 11.1 Å². The Morgan fingerprint density at radius 3 is 2.64 bits per heavy atom. The van der Waals surface area contributed by atoms with Gasteiger partial charge in [0.25, 0.3) is 0 Å². The number of hydrogen-bond donors (Lipinski definition) is 2. The molecule has 0 saturated carbocycles. The predicted octanol–water partition coefficient (Wildman–Crippen LogP) is 2.16. The van der Waals surface area contributed by atoms with Gasteiger partial charge in [0.05, 0.1) is 5.56 Å². The summed E-state index contributed by atoms with van der Waals surface area (Å²) in [5, 5.41) is 4.17. The first-order valence-electron chi connectivity index (χ1n) is 3.95. The minimum absolute atomic E-state index is 0.199. The van der Waals surface area contributed by atoms with E-state index in [2.05, 4.69) is 5.16 Å². The lowest BCUT2D eigenvalue weighted by Crippen LogP contribution is -1.90. The zero-order valence-electron chi connectivity index (χ0n) is 7.20. The third-order valence-corrected chi connectivity index (χ3v) is 2.09. The smallest absolute Gasteiger partial charge is 0.232 e. The van der Waals surface area contributed by atoms with Gasteiger partial charge < -0.3 is 16.0 Å². The standard InChI is InChI=1S/C9H8ClN3O/c10-6-3-1-2-5(4-6)7-8(11)13-14-9(7)12/h1-4H,12H2,(H2,11,13). The van der Waals surface area contributed by atoms with Crippen molar-refractivity contribution in [2.45, 2.75) is 0 Å². The molecule has 4 N–H and O–H groups in total. The minimum atomic E-state index is 0.199. The van der Waals surface area contributed by atoms with E-state index in [9.17, 15) is 0 Å². The van der Waals surface area contributed by atoms with Gasteiger partial charge in [-0.3, -0.25) is 0 Å². The molecule has 0 aliphatic heterocycles. The summed E-state index contributed by atoms with van der Waals surface area (Å²) >= 11 is 5.83. The molecule has 0 fully saturated rings. The Morgan fingerprint density at radius 2 is 2.07 bits per heavy atom. The van der Waals surface area contributed by atoms with Crippen LogP contribution in [0.1, 0.15) is 0 Å². The Hall–Kier alpha value is -1.68. The first-order chi connectivity index (χ1) is 6.68. The highest BCUT2D eigenvalue weighted by molar-refractivity contribution is 6.30. The van der Waals surface area contributed by atoms with Gasteiger partial charge in [-0.1, -0.05) is 28.9 Å². The van der Waals surface area contributed by atoms with Crippen LogP contribution in [0.15, 0.2) is 28.8 Å². The van der Waals surface area contributed by atoms with Gasteiger partial charge in [-0.2, -0.15) is 0 Å². The second-order valence-corrected chi connectivity index (χ2v) is 3.25. The third kappa shape index (κ3) is 1.40. The summed E-state index contributed by atoms with van der Waals surface area (Å²) < 4.78 is 4.75. The van der Waals surface area contributed by atoms with Crippen molar-refractivity contribution in [2.75, 3.05) is 11.5 Å². The summed E-state index contributed by atoms with van der Waals surface area (Å²) in [5.74, 6) is 0.467. The van der Waals surface area contributed by atoms with Crippen LogP contribution in [0.5, 0.6) is 0 Å². The summed E-state index contributed by atoms with van der Waals surface area (Å²) in [5.41, 5.74) is 12.6. The lowest BCUT2D eigenvalue weighted by molar-refractivity contribution is 0.440. The fourth-order valence-corrected chi connectivity index (χ4v) is 1.44. The van der Waals surface area contributed by atoms with Crippen molar-refractivity contribution < 1.29 is 4.52 Å². The Bertz CT molecular complexity index is 447. The summed E-state index contributed by atoms with van der Waals surface area (Å²) in [6.07, 6.45) is 0. The van der Waals surface area contributed by atoms with Crippen LogP contribution >= 0.6 is 11.6 Å². The summed E-state index contributed by atoms with van der Waals surface area (Å²) in [7, 11) is 0. The molecule has 5 heteroatoms. The first kappa shape index (κ1) is 8.90. The number of nitrogens with two attached hydrogens (primary N) is 2. The molecule has 0 radical (unpaired) electrons. The van der Waals surface area contributed by atoms with Crippen LogP contribution < -0.4 is 11.5 Å². The molecule has 0 saturated heterocycles. The third-order valence-electron chi connectivity index (χ3n) is 1.86. The largest absolute Gasteiger partial charge is 0.380 e. The predicted molar refractivity (Wildman–Crippen MR) is 55.8 cm³/mol. The van der Waals surface area contributed by atoms with E-state index in [0.717, 1.165) is 5.56 Å². The second kappa shape index (κ2) is 3.23. The molecule has 4 nitrogen and oxygen atoms in total. The van der Waals surface area contributed by atoms with Crippen molar-refractivity contribution in [1.29, 1.82) is 0 Å². The molecule has 0 atom stereocenters. The average molecular weight is 210 g/mol. The van der Waals surface area contributed by atoms with Crippen molar-refractivity contribution >= 4 is 23.3 Å². The van der Waals surface area contributed by atoms with Crippen molar-refractivity contribution in [2.24, 2.45) is 0 Å². The molecular formula is C9H8ClN3O. The van der Waals surface area contributed by atoms with E-state index < -0.39 is 0 Å². The van der Waals surface area contributed by atoms with E-state index >= 15 is 0 Å². The minimum Gasteiger partial charge on any atom is -0.380 e. The van der Waals surface area contributed by atoms with Crippen LogP contribution in [-0.2, 0) is 0 Å². The van der Waals surface area contributed by atoms with Crippen molar-refractivity contribution in [3.63, 3.8) is 0 Å². The highest BCUT2D eigenvalue weighted by atomic mass is 35.5. The number of rotatable bonds is 1. The highest BCUT2D eigenvalue weighted by Crippen LogP contribution is 2.32. The van der Waals surface area contributed by atoms with Gasteiger partial charge >= 0.3 is 0 Å². The number of anilines is 2. The van der Waals surface area contributed by atoms with E-state index in [1.54, 1.807) is 12.1 Å². The van der Waals surface area contributed by atoms with E-state index in [4.69, 9.17) is 27.6 Å². The molecule has 0 spiro atoms. The molecule has 0 amide bonds. The second-order valence-electron chi connectivity index (χ2n) is 2.82. The van der Waals surface area contributed by atoms with Gasteiger partial charge in [0.2, 0.25) is 5.88 Å². The molecule has 0 aliphatic rings. The Balaban J connectivity index is 2.59. The van der Waals surface area contributed by atoms with Gasteiger partial charge in [0, 0.05) is 5.02 Å². The normalized spacial score (nSPS) is 10.4. The molecular weight excluding hydrogens is 202 g/mol. The maximum Gasteiger partial charge on any atom is 0.232 e. The van der Waals surface area contributed by atoms with Gasteiger partial charge in [-0.05, 0) is 17.7 Å². The fraction of sp³-hybridized carbons (Fsp3) is 0. The molecule has 1 heterocycles.